The highest BCUT2D eigenvalue weighted by Gasteiger charge is 2.15. The smallest absolute Gasteiger partial charge is 0.307 e. The predicted octanol–water partition coefficient (Wildman–Crippen LogP) is 2.13. The molecule has 0 aromatic carbocycles. The van der Waals surface area contributed by atoms with Crippen LogP contribution in [0.15, 0.2) is 0 Å². The average molecular weight is 642 g/mol. The fourth-order valence-corrected chi connectivity index (χ4v) is 4.09. The number of terminal acetylenes is 4. The van der Waals surface area contributed by atoms with Gasteiger partial charge in [-0.05, 0) is 46.1 Å². The van der Waals surface area contributed by atoms with Crippen molar-refractivity contribution in [1.82, 2.24) is 14.7 Å². The van der Waals surface area contributed by atoms with Crippen LogP contribution < -0.4 is 0 Å². The van der Waals surface area contributed by atoms with Gasteiger partial charge in [0.05, 0.1) is 25.7 Å². The first kappa shape index (κ1) is 42.0. The van der Waals surface area contributed by atoms with Gasteiger partial charge in [0.2, 0.25) is 0 Å². The van der Waals surface area contributed by atoms with Crippen LogP contribution in [0.5, 0.6) is 0 Å². The van der Waals surface area contributed by atoms with Crippen LogP contribution in [0.4, 0.5) is 0 Å². The van der Waals surface area contributed by atoms with Crippen molar-refractivity contribution in [3.63, 3.8) is 0 Å². The van der Waals surface area contributed by atoms with Crippen molar-refractivity contribution >= 4 is 23.9 Å². The molecule has 0 fully saturated rings. The van der Waals surface area contributed by atoms with Gasteiger partial charge in [-0.25, -0.2) is 0 Å². The van der Waals surface area contributed by atoms with E-state index in [-0.39, 0.29) is 76.0 Å². The van der Waals surface area contributed by atoms with Crippen LogP contribution in [0.1, 0.15) is 64.2 Å². The standard InChI is InChI=1S/C35H51N3O8/c1-6-10-28-43-32(39)16-24-37(25-17-33(40)44-29-11-7-2)22-14-20-36(5)21-15-23-38(26-18-34(41)45-30-12-8-3)27-19-35(42)46-31-13-9-4/h1-4H,10-31H2,5H3. The highest BCUT2D eigenvalue weighted by molar-refractivity contribution is 5.71. The van der Waals surface area contributed by atoms with E-state index in [0.29, 0.717) is 65.0 Å². The third-order valence-corrected chi connectivity index (χ3v) is 6.59. The fourth-order valence-electron chi connectivity index (χ4n) is 4.09. The molecule has 0 amide bonds. The van der Waals surface area contributed by atoms with Gasteiger partial charge >= 0.3 is 23.9 Å². The van der Waals surface area contributed by atoms with E-state index in [1.807, 2.05) is 16.8 Å². The van der Waals surface area contributed by atoms with Crippen molar-refractivity contribution < 1.29 is 38.1 Å². The molecule has 0 aliphatic heterocycles. The molecule has 254 valence electrons. The maximum absolute atomic E-state index is 12.1. The lowest BCUT2D eigenvalue weighted by Crippen LogP contribution is -2.34. The first-order chi connectivity index (χ1) is 22.2. The molecule has 0 unspecified atom stereocenters. The Hall–Kier alpha value is -4.00. The molecule has 0 saturated carbocycles. The number of esters is 4. The molecule has 46 heavy (non-hydrogen) atoms. The van der Waals surface area contributed by atoms with E-state index in [4.69, 9.17) is 44.6 Å². The molecule has 0 aromatic heterocycles. The Morgan fingerprint density at radius 2 is 0.717 bits per heavy atom. The molecule has 0 heterocycles. The largest absolute Gasteiger partial charge is 0.465 e. The summed E-state index contributed by atoms with van der Waals surface area (Å²) in [6, 6.07) is 0. The van der Waals surface area contributed by atoms with Gasteiger partial charge < -0.3 is 33.6 Å². The zero-order chi connectivity index (χ0) is 34.3. The summed E-state index contributed by atoms with van der Waals surface area (Å²) >= 11 is 0. The van der Waals surface area contributed by atoms with E-state index in [1.165, 1.54) is 0 Å². The first-order valence-corrected chi connectivity index (χ1v) is 15.7. The van der Waals surface area contributed by atoms with Gasteiger partial charge in [0, 0.05) is 51.9 Å². The molecule has 0 rings (SSSR count). The van der Waals surface area contributed by atoms with Crippen LogP contribution in [0.2, 0.25) is 0 Å². The molecule has 11 nitrogen and oxygen atoms in total. The Bertz CT molecular complexity index is 896. The number of hydrogen-bond donors (Lipinski definition) is 0. The lowest BCUT2D eigenvalue weighted by Gasteiger charge is -2.25. The number of carbonyl (C=O) groups is 4. The highest BCUT2D eigenvalue weighted by Crippen LogP contribution is 2.04. The van der Waals surface area contributed by atoms with Crippen molar-refractivity contribution in [3.8, 4) is 49.4 Å². The van der Waals surface area contributed by atoms with Gasteiger partial charge in [-0.1, -0.05) is 0 Å². The second-order valence-electron chi connectivity index (χ2n) is 10.4. The van der Waals surface area contributed by atoms with Gasteiger partial charge in [0.25, 0.3) is 0 Å². The fraction of sp³-hybridized carbons (Fsp3) is 0.657. The second-order valence-corrected chi connectivity index (χ2v) is 10.4. The molecule has 0 saturated heterocycles. The summed E-state index contributed by atoms with van der Waals surface area (Å²) in [5.74, 6) is 8.40. The van der Waals surface area contributed by atoms with Gasteiger partial charge in [0.1, 0.15) is 26.4 Å². The van der Waals surface area contributed by atoms with E-state index in [0.717, 1.165) is 25.9 Å². The van der Waals surface area contributed by atoms with Crippen LogP contribution in [-0.4, -0.2) is 124 Å². The lowest BCUT2D eigenvalue weighted by molar-refractivity contribution is -0.145. The minimum atomic E-state index is -0.333. The molecule has 0 bridgehead atoms. The Morgan fingerprint density at radius 1 is 0.457 bits per heavy atom. The van der Waals surface area contributed by atoms with Crippen molar-refractivity contribution in [2.75, 3.05) is 85.8 Å². The van der Waals surface area contributed by atoms with Gasteiger partial charge in [-0.15, -0.1) is 49.4 Å². The van der Waals surface area contributed by atoms with Crippen molar-refractivity contribution in [2.45, 2.75) is 64.2 Å². The SMILES string of the molecule is C#CCCOC(=O)CCN(CCCN(C)CCCN(CCC(=O)OCCC#C)CCC(=O)OCCC#C)CCC(=O)OCCC#C. The summed E-state index contributed by atoms with van der Waals surface area (Å²) in [4.78, 5) is 54.6. The van der Waals surface area contributed by atoms with Gasteiger partial charge in [-0.2, -0.15) is 0 Å². The molecule has 0 radical (unpaired) electrons. The lowest BCUT2D eigenvalue weighted by atomic mass is 10.2. The van der Waals surface area contributed by atoms with E-state index in [1.54, 1.807) is 0 Å². The van der Waals surface area contributed by atoms with Crippen LogP contribution in [0.3, 0.4) is 0 Å². The summed E-state index contributed by atoms with van der Waals surface area (Å²) in [6.45, 7) is 5.46. The second kappa shape index (κ2) is 29.7. The van der Waals surface area contributed by atoms with E-state index >= 15 is 0 Å². The average Bonchev–Trinajstić information content (AvgIpc) is 3.03. The minimum absolute atomic E-state index is 0.187. The summed E-state index contributed by atoms with van der Waals surface area (Å²) in [6.07, 6.45) is 24.7. The monoisotopic (exact) mass is 641 g/mol. The summed E-state index contributed by atoms with van der Waals surface area (Å²) in [7, 11) is 2.02. The number of ether oxygens (including phenoxy) is 4. The molecule has 0 aromatic rings. The summed E-state index contributed by atoms with van der Waals surface area (Å²) in [5, 5.41) is 0. The molecule has 0 atom stereocenters. The van der Waals surface area contributed by atoms with E-state index in [2.05, 4.69) is 28.6 Å². The third kappa shape index (κ3) is 26.4. The molecule has 11 heteroatoms. The van der Waals surface area contributed by atoms with Crippen LogP contribution >= 0.6 is 0 Å². The maximum atomic E-state index is 12.1. The minimum Gasteiger partial charge on any atom is -0.465 e. The maximum Gasteiger partial charge on any atom is 0.307 e. The third-order valence-electron chi connectivity index (χ3n) is 6.59. The molecule has 0 aliphatic carbocycles. The zero-order valence-electron chi connectivity index (χ0n) is 27.5. The van der Waals surface area contributed by atoms with E-state index < -0.39 is 0 Å². The topological polar surface area (TPSA) is 115 Å². The first-order valence-electron chi connectivity index (χ1n) is 15.7. The molecule has 0 spiro atoms. The summed E-state index contributed by atoms with van der Waals surface area (Å²) < 4.78 is 20.6. The van der Waals surface area contributed by atoms with Crippen LogP contribution in [0, 0.1) is 49.4 Å². The van der Waals surface area contributed by atoms with Gasteiger partial charge in [-0.3, -0.25) is 19.2 Å². The van der Waals surface area contributed by atoms with Crippen molar-refractivity contribution in [1.29, 1.82) is 0 Å². The molecule has 0 aliphatic rings. The van der Waals surface area contributed by atoms with Crippen molar-refractivity contribution in [3.05, 3.63) is 0 Å². The highest BCUT2D eigenvalue weighted by atomic mass is 16.5. The van der Waals surface area contributed by atoms with Crippen molar-refractivity contribution in [2.24, 2.45) is 0 Å². The normalized spacial score (nSPS) is 10.4. The number of carbonyl (C=O) groups excluding carboxylic acids is 4. The van der Waals surface area contributed by atoms with Crippen LogP contribution in [-0.2, 0) is 38.1 Å². The Morgan fingerprint density at radius 3 is 0.957 bits per heavy atom. The number of hydrogen-bond acceptors (Lipinski definition) is 11. The molecule has 0 N–H and O–H groups in total. The Balaban J connectivity index is 4.79. The summed E-state index contributed by atoms with van der Waals surface area (Å²) in [5.41, 5.74) is 0. The Labute approximate surface area is 276 Å². The van der Waals surface area contributed by atoms with E-state index in [9.17, 15) is 19.2 Å². The number of nitrogens with zero attached hydrogens (tertiary/aromatic N) is 3. The van der Waals surface area contributed by atoms with Crippen LogP contribution in [0.25, 0.3) is 0 Å². The van der Waals surface area contributed by atoms with Gasteiger partial charge in [0.15, 0.2) is 0 Å². The zero-order valence-corrected chi connectivity index (χ0v) is 27.5. The molecular formula is C35H51N3O8. The number of rotatable bonds is 28. The molecular weight excluding hydrogens is 590 g/mol. The Kier molecular flexibility index (Phi) is 27.1. The predicted molar refractivity (Wildman–Crippen MR) is 176 cm³/mol. The quantitative estimate of drug-likeness (QED) is 0.0542.